The average molecular weight is 235 g/mol. The normalized spacial score (nSPS) is 28.4. The first kappa shape index (κ1) is 11.6. The number of aliphatic carboxylic acids is 2. The van der Waals surface area contributed by atoms with Crippen LogP contribution in [-0.2, 0) is 9.59 Å². The van der Waals surface area contributed by atoms with Crippen molar-refractivity contribution in [3.63, 3.8) is 0 Å². The lowest BCUT2D eigenvalue weighted by atomic mass is 10.1. The summed E-state index contributed by atoms with van der Waals surface area (Å²) in [4.78, 5) is 21.8. The molecule has 4 atom stereocenters. The van der Waals surface area contributed by atoms with E-state index in [9.17, 15) is 9.59 Å². The van der Waals surface area contributed by atoms with Gasteiger partial charge in [0.15, 0.2) is 0 Å². The van der Waals surface area contributed by atoms with Gasteiger partial charge in [0.25, 0.3) is 0 Å². The molecule has 0 radical (unpaired) electrons. The molecule has 5 nitrogen and oxygen atoms in total. The van der Waals surface area contributed by atoms with Crippen molar-refractivity contribution in [2.24, 2.45) is 17.6 Å². The maximum atomic E-state index is 11.0. The van der Waals surface area contributed by atoms with Crippen LogP contribution in [0, 0.1) is 11.8 Å². The molecule has 1 saturated carbocycles. The Morgan fingerprint density at radius 3 is 2.24 bits per heavy atom. The summed E-state index contributed by atoms with van der Waals surface area (Å²) >= 11 is 0. The fourth-order valence-corrected chi connectivity index (χ4v) is 2.37. The Balaban J connectivity index is 2.23. The van der Waals surface area contributed by atoms with Gasteiger partial charge in [-0.3, -0.25) is 9.59 Å². The van der Waals surface area contributed by atoms with Gasteiger partial charge >= 0.3 is 11.9 Å². The van der Waals surface area contributed by atoms with Crippen molar-refractivity contribution in [1.29, 1.82) is 0 Å². The molecule has 1 aliphatic carbocycles. The molecule has 0 saturated heterocycles. The number of carboxylic acid groups (broad SMARTS) is 2. The number of rotatable bonds is 4. The topological polar surface area (TPSA) is 101 Å². The minimum Gasteiger partial charge on any atom is -0.481 e. The Hall–Kier alpha value is -1.88. The first-order valence-electron chi connectivity index (χ1n) is 5.30. The van der Waals surface area contributed by atoms with Gasteiger partial charge in [-0.1, -0.05) is 30.3 Å². The van der Waals surface area contributed by atoms with Crippen molar-refractivity contribution in [3.05, 3.63) is 35.9 Å². The Labute approximate surface area is 97.9 Å². The number of hydrogen-bond donors (Lipinski definition) is 3. The van der Waals surface area contributed by atoms with Crippen LogP contribution in [0.15, 0.2) is 30.3 Å². The number of benzene rings is 1. The lowest BCUT2D eigenvalue weighted by Crippen LogP contribution is -2.33. The second kappa shape index (κ2) is 4.18. The summed E-state index contributed by atoms with van der Waals surface area (Å²) in [5.74, 6) is -3.64. The molecule has 0 spiro atoms. The molecule has 90 valence electrons. The largest absolute Gasteiger partial charge is 0.481 e. The number of carbonyl (C=O) groups is 2. The quantitative estimate of drug-likeness (QED) is 0.706. The lowest BCUT2D eigenvalue weighted by molar-refractivity contribution is -0.140. The molecule has 1 aromatic carbocycles. The van der Waals surface area contributed by atoms with Crippen molar-refractivity contribution >= 4 is 11.9 Å². The van der Waals surface area contributed by atoms with Crippen LogP contribution in [0.2, 0.25) is 0 Å². The molecule has 0 amide bonds. The summed E-state index contributed by atoms with van der Waals surface area (Å²) in [7, 11) is 0. The summed E-state index contributed by atoms with van der Waals surface area (Å²) in [6, 6.07) is 7.91. The highest BCUT2D eigenvalue weighted by Crippen LogP contribution is 2.55. The predicted molar refractivity (Wildman–Crippen MR) is 59.4 cm³/mol. The molecule has 1 aromatic rings. The van der Waals surface area contributed by atoms with Crippen molar-refractivity contribution in [1.82, 2.24) is 0 Å². The van der Waals surface area contributed by atoms with Crippen LogP contribution < -0.4 is 5.73 Å². The van der Waals surface area contributed by atoms with Gasteiger partial charge in [0.2, 0.25) is 0 Å². The Kier molecular flexibility index (Phi) is 2.85. The van der Waals surface area contributed by atoms with Crippen LogP contribution >= 0.6 is 0 Å². The van der Waals surface area contributed by atoms with Crippen LogP contribution in [-0.4, -0.2) is 28.2 Å². The van der Waals surface area contributed by atoms with E-state index in [1.807, 2.05) is 6.07 Å². The van der Waals surface area contributed by atoms with E-state index < -0.39 is 29.8 Å². The number of hydrogen-bond acceptors (Lipinski definition) is 3. The van der Waals surface area contributed by atoms with Crippen LogP contribution in [0.25, 0.3) is 0 Å². The van der Waals surface area contributed by atoms with E-state index in [0.717, 1.165) is 5.56 Å². The maximum absolute atomic E-state index is 11.0. The third kappa shape index (κ3) is 2.01. The summed E-state index contributed by atoms with van der Waals surface area (Å²) in [6.07, 6.45) is 0. The van der Waals surface area contributed by atoms with Crippen molar-refractivity contribution in [2.75, 3.05) is 0 Å². The fraction of sp³-hybridized carbons (Fsp3) is 0.333. The van der Waals surface area contributed by atoms with Gasteiger partial charge in [0.1, 0.15) is 6.04 Å². The summed E-state index contributed by atoms with van der Waals surface area (Å²) < 4.78 is 0. The highest BCUT2D eigenvalue weighted by atomic mass is 16.4. The second-order valence-corrected chi connectivity index (χ2v) is 4.24. The minimum atomic E-state index is -1.15. The standard InChI is InChI=1S/C12H13NO4/c13-10(12(16)17)8-7(9(8)11(14)15)6-4-2-1-3-5-6/h1-5,7-10H,13H2,(H,14,15)(H,16,17)/t7-,8?,9+,10-/m0/s1. The van der Waals surface area contributed by atoms with E-state index in [4.69, 9.17) is 15.9 Å². The van der Waals surface area contributed by atoms with E-state index in [-0.39, 0.29) is 5.92 Å². The van der Waals surface area contributed by atoms with E-state index in [0.29, 0.717) is 0 Å². The zero-order chi connectivity index (χ0) is 12.6. The van der Waals surface area contributed by atoms with Gasteiger partial charge in [0.05, 0.1) is 5.92 Å². The Morgan fingerprint density at radius 1 is 1.18 bits per heavy atom. The van der Waals surface area contributed by atoms with Gasteiger partial charge in [-0.25, -0.2) is 0 Å². The Bertz CT molecular complexity index is 445. The molecule has 0 aromatic heterocycles. The highest BCUT2D eigenvalue weighted by molar-refractivity contribution is 5.81. The molecule has 17 heavy (non-hydrogen) atoms. The Morgan fingerprint density at radius 2 is 1.76 bits per heavy atom. The van der Waals surface area contributed by atoms with Gasteiger partial charge in [-0.05, 0) is 5.56 Å². The second-order valence-electron chi connectivity index (χ2n) is 4.24. The minimum absolute atomic E-state index is 0.292. The average Bonchev–Trinajstić information content (AvgIpc) is 3.04. The molecule has 1 aliphatic rings. The zero-order valence-corrected chi connectivity index (χ0v) is 8.98. The van der Waals surface area contributed by atoms with E-state index in [2.05, 4.69) is 0 Å². The first-order chi connectivity index (χ1) is 8.04. The van der Waals surface area contributed by atoms with E-state index >= 15 is 0 Å². The maximum Gasteiger partial charge on any atom is 0.320 e. The summed E-state index contributed by atoms with van der Waals surface area (Å²) in [6.45, 7) is 0. The van der Waals surface area contributed by atoms with Gasteiger partial charge in [-0.2, -0.15) is 0 Å². The fourth-order valence-electron chi connectivity index (χ4n) is 2.37. The number of carboxylic acids is 2. The molecule has 2 rings (SSSR count). The molecule has 0 aliphatic heterocycles. The summed E-state index contributed by atoms with van der Waals surface area (Å²) in [5, 5.41) is 17.9. The monoisotopic (exact) mass is 235 g/mol. The molecule has 5 heteroatoms. The van der Waals surface area contributed by atoms with Crippen molar-refractivity contribution in [2.45, 2.75) is 12.0 Å². The zero-order valence-electron chi connectivity index (χ0n) is 8.98. The molecular weight excluding hydrogens is 222 g/mol. The summed E-state index contributed by atoms with van der Waals surface area (Å²) in [5.41, 5.74) is 6.35. The van der Waals surface area contributed by atoms with Crippen molar-refractivity contribution in [3.8, 4) is 0 Å². The molecule has 1 unspecified atom stereocenters. The van der Waals surface area contributed by atoms with Gasteiger partial charge < -0.3 is 15.9 Å². The SMILES string of the molecule is N[C@H](C(=O)O)C1[C@H](C(=O)O)[C@H]1c1ccccc1. The van der Waals surface area contributed by atoms with Crippen LogP contribution in [0.1, 0.15) is 11.5 Å². The van der Waals surface area contributed by atoms with E-state index in [1.54, 1.807) is 24.3 Å². The third-order valence-electron chi connectivity index (χ3n) is 3.24. The number of nitrogens with two attached hydrogens (primary N) is 1. The van der Waals surface area contributed by atoms with Crippen LogP contribution in [0.3, 0.4) is 0 Å². The van der Waals surface area contributed by atoms with Crippen molar-refractivity contribution < 1.29 is 19.8 Å². The smallest absolute Gasteiger partial charge is 0.320 e. The van der Waals surface area contributed by atoms with Crippen LogP contribution in [0.4, 0.5) is 0 Å². The molecule has 1 fully saturated rings. The first-order valence-corrected chi connectivity index (χ1v) is 5.30. The molecular formula is C12H13NO4. The highest BCUT2D eigenvalue weighted by Gasteiger charge is 2.59. The third-order valence-corrected chi connectivity index (χ3v) is 3.24. The predicted octanol–water partition coefficient (Wildman–Crippen LogP) is 0.513. The molecule has 4 N–H and O–H groups in total. The molecule has 0 bridgehead atoms. The van der Waals surface area contributed by atoms with Gasteiger partial charge in [0, 0.05) is 11.8 Å². The van der Waals surface area contributed by atoms with E-state index in [1.165, 1.54) is 0 Å². The van der Waals surface area contributed by atoms with Gasteiger partial charge in [-0.15, -0.1) is 0 Å². The molecule has 0 heterocycles. The lowest BCUT2D eigenvalue weighted by Gasteiger charge is -2.04. The van der Waals surface area contributed by atoms with Crippen LogP contribution in [0.5, 0.6) is 0 Å².